The maximum absolute atomic E-state index is 13.4. The Hall–Kier alpha value is -0.720. The van der Waals surface area contributed by atoms with Crippen molar-refractivity contribution in [2.75, 3.05) is 12.0 Å². The fourth-order valence-electron chi connectivity index (χ4n) is 1.37. The molecule has 0 bridgehead atoms. The summed E-state index contributed by atoms with van der Waals surface area (Å²) in [5, 5.41) is 0. The Kier molecular flexibility index (Phi) is 5.11. The topological polar surface area (TPSA) is 38.0 Å². The van der Waals surface area contributed by atoms with Gasteiger partial charge < -0.3 is 0 Å². The van der Waals surface area contributed by atoms with Gasteiger partial charge in [-0.2, -0.15) is 11.8 Å². The average Bonchev–Trinajstić information content (AvgIpc) is 2.29. The Morgan fingerprint density at radius 3 is 2.56 bits per heavy atom. The van der Waals surface area contributed by atoms with Crippen LogP contribution in [0.1, 0.15) is 18.0 Å². The highest BCUT2D eigenvalue weighted by Crippen LogP contribution is 2.24. The number of hydrogen-bond donors (Lipinski definition) is 2. The van der Waals surface area contributed by atoms with Crippen molar-refractivity contribution in [3.05, 3.63) is 35.1 Å². The van der Waals surface area contributed by atoms with Crippen LogP contribution < -0.4 is 11.3 Å². The van der Waals surface area contributed by atoms with Crippen LogP contribution in [0.3, 0.4) is 0 Å². The molecule has 0 saturated heterocycles. The van der Waals surface area contributed by atoms with Gasteiger partial charge >= 0.3 is 0 Å². The Bertz CT molecular complexity index is 360. The number of nitrogens with one attached hydrogen (secondary N) is 1. The van der Waals surface area contributed by atoms with Gasteiger partial charge in [0.15, 0.2) is 17.5 Å². The second-order valence-corrected chi connectivity index (χ2v) is 4.25. The van der Waals surface area contributed by atoms with Crippen molar-refractivity contribution >= 4 is 11.8 Å². The summed E-state index contributed by atoms with van der Waals surface area (Å²) in [6, 6.07) is 1.60. The molecule has 16 heavy (non-hydrogen) atoms. The summed E-state index contributed by atoms with van der Waals surface area (Å²) >= 11 is 1.57. The standard InChI is InChI=1S/C10H13F3N2S/c1-16-5-4-8(15-14)6-2-3-7(11)10(13)9(6)12/h2-3,8,15H,4-5,14H2,1H3. The van der Waals surface area contributed by atoms with E-state index in [0.717, 1.165) is 11.8 Å². The van der Waals surface area contributed by atoms with Gasteiger partial charge in [0.05, 0.1) is 0 Å². The zero-order valence-corrected chi connectivity index (χ0v) is 9.58. The van der Waals surface area contributed by atoms with Crippen LogP contribution in [0.5, 0.6) is 0 Å². The van der Waals surface area contributed by atoms with Gasteiger partial charge in [-0.1, -0.05) is 6.07 Å². The van der Waals surface area contributed by atoms with Gasteiger partial charge in [0, 0.05) is 11.6 Å². The summed E-state index contributed by atoms with van der Waals surface area (Å²) in [6.45, 7) is 0. The molecule has 6 heteroatoms. The van der Waals surface area contributed by atoms with Gasteiger partial charge in [-0.3, -0.25) is 11.3 Å². The number of hydrogen-bond acceptors (Lipinski definition) is 3. The van der Waals surface area contributed by atoms with E-state index in [0.29, 0.717) is 6.42 Å². The highest BCUT2D eigenvalue weighted by molar-refractivity contribution is 7.98. The van der Waals surface area contributed by atoms with Gasteiger partial charge in [-0.15, -0.1) is 0 Å². The monoisotopic (exact) mass is 250 g/mol. The lowest BCUT2D eigenvalue weighted by atomic mass is 10.0. The number of nitrogens with two attached hydrogens (primary N) is 1. The first-order chi connectivity index (χ1) is 7.61. The Morgan fingerprint density at radius 1 is 1.31 bits per heavy atom. The van der Waals surface area contributed by atoms with Crippen molar-refractivity contribution in [3.8, 4) is 0 Å². The van der Waals surface area contributed by atoms with Crippen LogP contribution in [0.25, 0.3) is 0 Å². The van der Waals surface area contributed by atoms with E-state index in [2.05, 4.69) is 5.43 Å². The summed E-state index contributed by atoms with van der Waals surface area (Å²) in [4.78, 5) is 0. The third-order valence-electron chi connectivity index (χ3n) is 2.25. The van der Waals surface area contributed by atoms with Crippen LogP contribution in [0.4, 0.5) is 13.2 Å². The van der Waals surface area contributed by atoms with Crippen molar-refractivity contribution in [3.63, 3.8) is 0 Å². The maximum Gasteiger partial charge on any atom is 0.194 e. The quantitative estimate of drug-likeness (QED) is 0.478. The molecule has 1 aromatic rings. The van der Waals surface area contributed by atoms with E-state index in [4.69, 9.17) is 5.84 Å². The second kappa shape index (κ2) is 6.12. The van der Waals surface area contributed by atoms with Gasteiger partial charge in [0.1, 0.15) is 0 Å². The Balaban J connectivity index is 2.96. The molecule has 0 radical (unpaired) electrons. The molecule has 0 aliphatic heterocycles. The Labute approximate surface area is 96.4 Å². The third kappa shape index (κ3) is 2.90. The van der Waals surface area contributed by atoms with Crippen LogP contribution in [-0.4, -0.2) is 12.0 Å². The molecule has 0 amide bonds. The molecule has 3 N–H and O–H groups in total. The smallest absolute Gasteiger partial charge is 0.194 e. The average molecular weight is 250 g/mol. The predicted molar refractivity (Wildman–Crippen MR) is 59.4 cm³/mol. The maximum atomic E-state index is 13.4. The van der Waals surface area contributed by atoms with Crippen LogP contribution in [0.15, 0.2) is 12.1 Å². The van der Waals surface area contributed by atoms with Gasteiger partial charge in [-0.25, -0.2) is 13.2 Å². The summed E-state index contributed by atoms with van der Waals surface area (Å²) in [6.07, 6.45) is 2.44. The minimum absolute atomic E-state index is 0.0513. The lowest BCUT2D eigenvalue weighted by Crippen LogP contribution is -2.29. The second-order valence-electron chi connectivity index (χ2n) is 3.27. The molecular formula is C10H13F3N2S. The van der Waals surface area contributed by atoms with Crippen molar-refractivity contribution < 1.29 is 13.2 Å². The van der Waals surface area contributed by atoms with E-state index in [1.165, 1.54) is 6.07 Å². The molecule has 2 nitrogen and oxygen atoms in total. The summed E-state index contributed by atoms with van der Waals surface area (Å²) in [7, 11) is 0. The number of hydrazine groups is 1. The van der Waals surface area contributed by atoms with Crippen molar-refractivity contribution in [2.45, 2.75) is 12.5 Å². The molecule has 1 rings (SSSR count). The molecule has 1 atom stereocenters. The van der Waals surface area contributed by atoms with E-state index >= 15 is 0 Å². The molecule has 1 aromatic carbocycles. The van der Waals surface area contributed by atoms with Crippen molar-refractivity contribution in [1.29, 1.82) is 0 Å². The summed E-state index contributed by atoms with van der Waals surface area (Å²) < 4.78 is 39.1. The molecule has 0 aliphatic rings. The highest BCUT2D eigenvalue weighted by atomic mass is 32.2. The number of benzene rings is 1. The highest BCUT2D eigenvalue weighted by Gasteiger charge is 2.19. The molecule has 0 aromatic heterocycles. The molecular weight excluding hydrogens is 237 g/mol. The summed E-state index contributed by atoms with van der Waals surface area (Å²) in [5.74, 6) is 2.18. The van der Waals surface area contributed by atoms with Crippen molar-refractivity contribution in [2.24, 2.45) is 5.84 Å². The fraction of sp³-hybridized carbons (Fsp3) is 0.400. The summed E-state index contributed by atoms with van der Waals surface area (Å²) in [5.41, 5.74) is 2.45. The van der Waals surface area contributed by atoms with Crippen LogP contribution in [0.2, 0.25) is 0 Å². The van der Waals surface area contributed by atoms with E-state index < -0.39 is 23.5 Å². The Morgan fingerprint density at radius 2 is 2.00 bits per heavy atom. The first-order valence-electron chi connectivity index (χ1n) is 4.70. The predicted octanol–water partition coefficient (Wildman–Crippen LogP) is 2.36. The number of halogens is 3. The molecule has 0 fully saturated rings. The third-order valence-corrected chi connectivity index (χ3v) is 2.90. The normalized spacial score (nSPS) is 12.8. The molecule has 90 valence electrons. The minimum Gasteiger partial charge on any atom is -0.271 e. The lowest BCUT2D eigenvalue weighted by molar-refractivity contribution is 0.423. The largest absolute Gasteiger partial charge is 0.271 e. The van der Waals surface area contributed by atoms with Crippen LogP contribution in [0, 0.1) is 17.5 Å². The molecule has 0 saturated carbocycles. The molecule has 0 aliphatic carbocycles. The number of thioether (sulfide) groups is 1. The molecule has 0 spiro atoms. The van der Waals surface area contributed by atoms with Crippen molar-refractivity contribution in [1.82, 2.24) is 5.43 Å². The van der Waals surface area contributed by atoms with E-state index in [1.54, 1.807) is 11.8 Å². The van der Waals surface area contributed by atoms with E-state index in [-0.39, 0.29) is 5.56 Å². The van der Waals surface area contributed by atoms with E-state index in [9.17, 15) is 13.2 Å². The zero-order chi connectivity index (χ0) is 12.1. The van der Waals surface area contributed by atoms with Crippen LogP contribution >= 0.6 is 11.8 Å². The molecule has 1 unspecified atom stereocenters. The van der Waals surface area contributed by atoms with Crippen LogP contribution in [-0.2, 0) is 0 Å². The van der Waals surface area contributed by atoms with E-state index in [1.807, 2.05) is 6.26 Å². The fourth-order valence-corrected chi connectivity index (χ4v) is 1.85. The first kappa shape index (κ1) is 13.3. The van der Waals surface area contributed by atoms with Gasteiger partial charge in [0.2, 0.25) is 0 Å². The van der Waals surface area contributed by atoms with Gasteiger partial charge in [0.25, 0.3) is 0 Å². The zero-order valence-electron chi connectivity index (χ0n) is 8.77. The first-order valence-corrected chi connectivity index (χ1v) is 6.09. The lowest BCUT2D eigenvalue weighted by Gasteiger charge is -2.16. The van der Waals surface area contributed by atoms with Gasteiger partial charge in [-0.05, 0) is 24.5 Å². The number of rotatable bonds is 5. The minimum atomic E-state index is -1.46. The SMILES string of the molecule is CSCCC(NN)c1ccc(F)c(F)c1F. The molecule has 0 heterocycles.